The minimum Gasteiger partial charge on any atom is -0.493 e. The van der Waals surface area contributed by atoms with E-state index in [4.69, 9.17) is 9.47 Å². The van der Waals surface area contributed by atoms with E-state index in [1.807, 2.05) is 0 Å². The van der Waals surface area contributed by atoms with E-state index in [0.29, 0.717) is 18.3 Å². The fourth-order valence-corrected chi connectivity index (χ4v) is 4.03. The Balaban J connectivity index is 2.46. The standard InChI is InChI=1S/C22H36N2O3/c1-8-24-10-9-16-12-18(26-6)19(27-7)13-17(16)22(24)21(15(4)5)23-20(25)11-14(2)3/h12-15,21-22H,8-11H2,1-7H3,(H,23,25)/t21-,22-/m1/s1. The van der Waals surface area contributed by atoms with Crippen LogP contribution in [0.2, 0.25) is 0 Å². The SMILES string of the molecule is CCN1CCc2cc(OC)c(OC)cc2[C@@H]1[C@H](NC(=O)CC(C)C)C(C)C. The van der Waals surface area contributed by atoms with Gasteiger partial charge in [-0.2, -0.15) is 0 Å². The molecule has 5 heteroatoms. The van der Waals surface area contributed by atoms with Crippen LogP contribution in [0, 0.1) is 11.8 Å². The molecule has 1 N–H and O–H groups in total. The van der Waals surface area contributed by atoms with Gasteiger partial charge in [-0.15, -0.1) is 0 Å². The summed E-state index contributed by atoms with van der Waals surface area (Å²) in [6, 6.07) is 4.38. The number of amides is 1. The van der Waals surface area contributed by atoms with E-state index in [1.165, 1.54) is 11.1 Å². The molecule has 27 heavy (non-hydrogen) atoms. The van der Waals surface area contributed by atoms with Gasteiger partial charge in [0.25, 0.3) is 0 Å². The number of carbonyl (C=O) groups is 1. The second kappa shape index (κ2) is 9.45. The first-order chi connectivity index (χ1) is 12.8. The highest BCUT2D eigenvalue weighted by atomic mass is 16.5. The maximum absolute atomic E-state index is 12.6. The molecule has 1 aromatic rings. The summed E-state index contributed by atoms with van der Waals surface area (Å²) < 4.78 is 11.1. The van der Waals surface area contributed by atoms with Crippen molar-refractivity contribution in [3.05, 3.63) is 23.3 Å². The molecule has 0 aromatic heterocycles. The summed E-state index contributed by atoms with van der Waals surface area (Å²) in [7, 11) is 3.34. The zero-order valence-electron chi connectivity index (χ0n) is 18.0. The number of carbonyl (C=O) groups excluding carboxylic acids is 1. The highest BCUT2D eigenvalue weighted by Gasteiger charge is 2.36. The lowest BCUT2D eigenvalue weighted by Crippen LogP contribution is -2.51. The minimum atomic E-state index is 0.0494. The van der Waals surface area contributed by atoms with Gasteiger partial charge >= 0.3 is 0 Å². The molecule has 1 aromatic carbocycles. The lowest BCUT2D eigenvalue weighted by molar-refractivity contribution is -0.123. The summed E-state index contributed by atoms with van der Waals surface area (Å²) in [4.78, 5) is 15.0. The molecule has 0 saturated heterocycles. The van der Waals surface area contributed by atoms with Gasteiger partial charge in [-0.3, -0.25) is 9.69 Å². The van der Waals surface area contributed by atoms with Gasteiger partial charge in [-0.1, -0.05) is 34.6 Å². The molecule has 2 rings (SSSR count). The molecular formula is C22H36N2O3. The summed E-state index contributed by atoms with van der Waals surface area (Å²) in [6.45, 7) is 12.6. The number of fused-ring (bicyclic) bond motifs is 1. The largest absolute Gasteiger partial charge is 0.493 e. The average molecular weight is 377 g/mol. The maximum atomic E-state index is 12.6. The molecule has 2 atom stereocenters. The monoisotopic (exact) mass is 376 g/mol. The first kappa shape index (κ1) is 21.5. The second-order valence-electron chi connectivity index (χ2n) is 8.16. The van der Waals surface area contributed by atoms with Crippen LogP contribution in [0.4, 0.5) is 0 Å². The molecule has 1 amide bonds. The van der Waals surface area contributed by atoms with E-state index in [2.05, 4.69) is 57.0 Å². The van der Waals surface area contributed by atoms with E-state index < -0.39 is 0 Å². The zero-order valence-corrected chi connectivity index (χ0v) is 18.0. The maximum Gasteiger partial charge on any atom is 0.220 e. The van der Waals surface area contributed by atoms with Crippen molar-refractivity contribution < 1.29 is 14.3 Å². The number of nitrogens with one attached hydrogen (secondary N) is 1. The predicted octanol–water partition coefficient (Wildman–Crippen LogP) is 3.81. The molecule has 0 radical (unpaired) electrons. The minimum absolute atomic E-state index is 0.0494. The van der Waals surface area contributed by atoms with E-state index >= 15 is 0 Å². The Bertz CT molecular complexity index is 643. The Morgan fingerprint density at radius 1 is 1.19 bits per heavy atom. The van der Waals surface area contributed by atoms with Crippen molar-refractivity contribution in [1.82, 2.24) is 10.2 Å². The van der Waals surface area contributed by atoms with Gasteiger partial charge in [0, 0.05) is 13.0 Å². The molecule has 152 valence electrons. The number of hydrogen-bond acceptors (Lipinski definition) is 4. The molecule has 0 saturated carbocycles. The van der Waals surface area contributed by atoms with Crippen LogP contribution in [0.15, 0.2) is 12.1 Å². The zero-order chi connectivity index (χ0) is 20.1. The molecule has 0 spiro atoms. The molecule has 0 bridgehead atoms. The molecule has 1 aliphatic heterocycles. The predicted molar refractivity (Wildman–Crippen MR) is 109 cm³/mol. The lowest BCUT2D eigenvalue weighted by atomic mass is 9.83. The fourth-order valence-electron chi connectivity index (χ4n) is 4.03. The molecule has 1 aliphatic rings. The van der Waals surface area contributed by atoms with Crippen LogP contribution in [-0.4, -0.2) is 44.2 Å². The van der Waals surface area contributed by atoms with E-state index in [1.54, 1.807) is 14.2 Å². The van der Waals surface area contributed by atoms with E-state index in [-0.39, 0.29) is 18.0 Å². The van der Waals surface area contributed by atoms with Crippen molar-refractivity contribution >= 4 is 5.91 Å². The fraction of sp³-hybridized carbons (Fsp3) is 0.682. The number of benzene rings is 1. The first-order valence-corrected chi connectivity index (χ1v) is 10.1. The molecule has 0 aliphatic carbocycles. The van der Waals surface area contributed by atoms with Gasteiger partial charge in [0.05, 0.1) is 26.3 Å². The topological polar surface area (TPSA) is 50.8 Å². The van der Waals surface area contributed by atoms with Crippen LogP contribution in [-0.2, 0) is 11.2 Å². The second-order valence-corrected chi connectivity index (χ2v) is 8.16. The summed E-state index contributed by atoms with van der Waals surface area (Å²) in [5.41, 5.74) is 2.52. The Hall–Kier alpha value is -1.75. The van der Waals surface area contributed by atoms with Gasteiger partial charge in [-0.05, 0) is 48.1 Å². The van der Waals surface area contributed by atoms with Gasteiger partial charge in [-0.25, -0.2) is 0 Å². The third kappa shape index (κ3) is 4.95. The number of likely N-dealkylation sites (N-methyl/N-ethyl adjacent to an activating group) is 1. The van der Waals surface area contributed by atoms with Crippen LogP contribution < -0.4 is 14.8 Å². The lowest BCUT2D eigenvalue weighted by Gasteiger charge is -2.43. The quantitative estimate of drug-likeness (QED) is 0.750. The smallest absolute Gasteiger partial charge is 0.220 e. The number of hydrogen-bond donors (Lipinski definition) is 1. The molecule has 0 unspecified atom stereocenters. The molecule has 1 heterocycles. The Kier molecular flexibility index (Phi) is 7.54. The van der Waals surface area contributed by atoms with Crippen LogP contribution in [0.25, 0.3) is 0 Å². The van der Waals surface area contributed by atoms with Gasteiger partial charge in [0.2, 0.25) is 5.91 Å². The van der Waals surface area contributed by atoms with Gasteiger partial charge in [0.1, 0.15) is 0 Å². The number of nitrogens with zero attached hydrogens (tertiary/aromatic N) is 1. The van der Waals surface area contributed by atoms with Crippen molar-refractivity contribution in [2.45, 2.75) is 59.5 Å². The number of rotatable bonds is 8. The Morgan fingerprint density at radius 2 is 1.81 bits per heavy atom. The van der Waals surface area contributed by atoms with Crippen molar-refractivity contribution in [1.29, 1.82) is 0 Å². The molecule has 0 fully saturated rings. The third-order valence-corrected chi connectivity index (χ3v) is 5.41. The first-order valence-electron chi connectivity index (χ1n) is 10.1. The van der Waals surface area contributed by atoms with Crippen molar-refractivity contribution in [3.8, 4) is 11.5 Å². The third-order valence-electron chi connectivity index (χ3n) is 5.41. The van der Waals surface area contributed by atoms with E-state index in [9.17, 15) is 4.79 Å². The van der Waals surface area contributed by atoms with Gasteiger partial charge in [0.15, 0.2) is 11.5 Å². The van der Waals surface area contributed by atoms with Crippen molar-refractivity contribution in [2.24, 2.45) is 11.8 Å². The molecule has 5 nitrogen and oxygen atoms in total. The summed E-state index contributed by atoms with van der Waals surface area (Å²) in [6.07, 6.45) is 1.53. The highest BCUT2D eigenvalue weighted by molar-refractivity contribution is 5.76. The number of methoxy groups -OCH3 is 2. The van der Waals surface area contributed by atoms with Gasteiger partial charge < -0.3 is 14.8 Å². The van der Waals surface area contributed by atoms with Crippen LogP contribution >= 0.6 is 0 Å². The van der Waals surface area contributed by atoms with Crippen molar-refractivity contribution in [2.75, 3.05) is 27.3 Å². The normalized spacial score (nSPS) is 18.3. The van der Waals surface area contributed by atoms with Crippen LogP contribution in [0.3, 0.4) is 0 Å². The van der Waals surface area contributed by atoms with E-state index in [0.717, 1.165) is 31.0 Å². The van der Waals surface area contributed by atoms with Crippen molar-refractivity contribution in [3.63, 3.8) is 0 Å². The van der Waals surface area contributed by atoms with Crippen LogP contribution in [0.1, 0.15) is 58.2 Å². The highest BCUT2D eigenvalue weighted by Crippen LogP contribution is 2.40. The molecular weight excluding hydrogens is 340 g/mol. The average Bonchev–Trinajstić information content (AvgIpc) is 2.63. The Labute approximate surface area is 164 Å². The summed E-state index contributed by atoms with van der Waals surface area (Å²) in [5.74, 6) is 2.31. The summed E-state index contributed by atoms with van der Waals surface area (Å²) in [5, 5.41) is 3.34. The Morgan fingerprint density at radius 3 is 2.33 bits per heavy atom. The van der Waals surface area contributed by atoms with Crippen LogP contribution in [0.5, 0.6) is 11.5 Å². The summed E-state index contributed by atoms with van der Waals surface area (Å²) >= 11 is 0. The number of ether oxygens (including phenoxy) is 2.